The van der Waals surface area contributed by atoms with Gasteiger partial charge in [0.05, 0.1) is 10.6 Å². The number of rotatable bonds is 2. The van der Waals surface area contributed by atoms with Crippen molar-refractivity contribution < 1.29 is 4.92 Å². The van der Waals surface area contributed by atoms with Crippen molar-refractivity contribution >= 4 is 28.9 Å². The molecule has 0 atom stereocenters. The summed E-state index contributed by atoms with van der Waals surface area (Å²) >= 11 is 0. The highest BCUT2D eigenvalue weighted by Gasteiger charge is 2.10. The van der Waals surface area contributed by atoms with E-state index in [0.717, 1.165) is 22.0 Å². The van der Waals surface area contributed by atoms with Gasteiger partial charge in [-0.3, -0.25) is 15.1 Å². The number of fused-ring (bicyclic) bond motifs is 1. The lowest BCUT2D eigenvalue weighted by Gasteiger charge is -2.05. The van der Waals surface area contributed by atoms with Crippen molar-refractivity contribution in [2.45, 2.75) is 0 Å². The molecule has 0 aliphatic rings. The fourth-order valence-electron chi connectivity index (χ4n) is 2.12. The number of benzene rings is 2. The van der Waals surface area contributed by atoms with Crippen LogP contribution in [-0.2, 0) is 0 Å². The summed E-state index contributed by atoms with van der Waals surface area (Å²) in [5, 5.41) is 12.9. The standard InChI is InChI=1S/C15H10N2O2.ClH/c18-17(19)13-6-3-5-12(10-13)15-14-7-2-1-4-11(14)8-9-16-15;/h1-10H;1H. The summed E-state index contributed by atoms with van der Waals surface area (Å²) in [5.74, 6) is 0. The molecule has 0 amide bonds. The van der Waals surface area contributed by atoms with Crippen molar-refractivity contribution in [1.82, 2.24) is 4.98 Å². The predicted octanol–water partition coefficient (Wildman–Crippen LogP) is 4.23. The van der Waals surface area contributed by atoms with E-state index >= 15 is 0 Å². The quantitative estimate of drug-likeness (QED) is 0.523. The molecule has 0 unspecified atom stereocenters. The molecule has 1 aromatic heterocycles. The van der Waals surface area contributed by atoms with Crippen LogP contribution in [0.3, 0.4) is 0 Å². The highest BCUT2D eigenvalue weighted by Crippen LogP contribution is 2.28. The summed E-state index contributed by atoms with van der Waals surface area (Å²) in [6, 6.07) is 16.3. The predicted molar refractivity (Wildman–Crippen MR) is 81.1 cm³/mol. The third-order valence-electron chi connectivity index (χ3n) is 3.00. The fourth-order valence-corrected chi connectivity index (χ4v) is 2.12. The summed E-state index contributed by atoms with van der Waals surface area (Å²) in [4.78, 5) is 14.8. The summed E-state index contributed by atoms with van der Waals surface area (Å²) in [7, 11) is 0. The van der Waals surface area contributed by atoms with E-state index in [1.165, 1.54) is 6.07 Å². The van der Waals surface area contributed by atoms with Gasteiger partial charge in [-0.05, 0) is 11.5 Å². The third-order valence-corrected chi connectivity index (χ3v) is 3.00. The second-order valence-electron chi connectivity index (χ2n) is 4.19. The molecule has 0 aliphatic heterocycles. The van der Waals surface area contributed by atoms with Gasteiger partial charge in [0.2, 0.25) is 0 Å². The Balaban J connectivity index is 0.00000147. The van der Waals surface area contributed by atoms with Crippen molar-refractivity contribution in [3.63, 3.8) is 0 Å². The molecule has 0 spiro atoms. The fraction of sp³-hybridized carbons (Fsp3) is 0. The minimum atomic E-state index is -0.394. The van der Waals surface area contributed by atoms with Gasteiger partial charge in [-0.25, -0.2) is 0 Å². The Morgan fingerprint density at radius 3 is 2.60 bits per heavy atom. The molecule has 0 aliphatic carbocycles. The largest absolute Gasteiger partial charge is 0.270 e. The van der Waals surface area contributed by atoms with E-state index in [1.54, 1.807) is 18.3 Å². The second kappa shape index (κ2) is 5.67. The van der Waals surface area contributed by atoms with Gasteiger partial charge < -0.3 is 0 Å². The van der Waals surface area contributed by atoms with Crippen LogP contribution in [0.5, 0.6) is 0 Å². The van der Waals surface area contributed by atoms with Crippen molar-refractivity contribution in [3.8, 4) is 11.3 Å². The topological polar surface area (TPSA) is 56.0 Å². The number of nitro groups is 1. The SMILES string of the molecule is Cl.O=[N+]([O-])c1cccc(-c2nccc3ccccc23)c1. The van der Waals surface area contributed by atoms with Gasteiger partial charge in [0.15, 0.2) is 0 Å². The number of nitro benzene ring substituents is 1. The summed E-state index contributed by atoms with van der Waals surface area (Å²) < 4.78 is 0. The average Bonchev–Trinajstić information content (AvgIpc) is 2.47. The molecule has 0 fully saturated rings. The van der Waals surface area contributed by atoms with Crippen LogP contribution < -0.4 is 0 Å². The zero-order valence-electron chi connectivity index (χ0n) is 10.4. The van der Waals surface area contributed by atoms with Gasteiger partial charge in [-0.2, -0.15) is 0 Å². The smallest absolute Gasteiger partial charge is 0.258 e. The number of halogens is 1. The summed E-state index contributed by atoms with van der Waals surface area (Å²) in [6.07, 6.45) is 1.72. The normalized spacial score (nSPS) is 10.0. The first-order chi connectivity index (χ1) is 9.25. The number of nitrogens with zero attached hydrogens (tertiary/aromatic N) is 2. The van der Waals surface area contributed by atoms with E-state index in [1.807, 2.05) is 36.4 Å². The van der Waals surface area contributed by atoms with Crippen molar-refractivity contribution in [2.75, 3.05) is 0 Å². The maximum absolute atomic E-state index is 10.8. The van der Waals surface area contributed by atoms with Gasteiger partial charge in [0, 0.05) is 29.3 Å². The molecule has 5 heteroatoms. The zero-order chi connectivity index (χ0) is 13.2. The molecule has 20 heavy (non-hydrogen) atoms. The minimum Gasteiger partial charge on any atom is -0.258 e. The first kappa shape index (κ1) is 14.0. The lowest BCUT2D eigenvalue weighted by Crippen LogP contribution is -1.90. The van der Waals surface area contributed by atoms with Crippen LogP contribution in [0.25, 0.3) is 22.0 Å². The molecule has 0 radical (unpaired) electrons. The third kappa shape index (κ3) is 2.46. The van der Waals surface area contributed by atoms with Crippen LogP contribution in [0.4, 0.5) is 5.69 Å². The van der Waals surface area contributed by atoms with E-state index in [2.05, 4.69) is 4.98 Å². The molecule has 100 valence electrons. The molecule has 0 N–H and O–H groups in total. The van der Waals surface area contributed by atoms with Crippen LogP contribution in [0.2, 0.25) is 0 Å². The van der Waals surface area contributed by atoms with Gasteiger partial charge >= 0.3 is 0 Å². The van der Waals surface area contributed by atoms with Crippen LogP contribution in [0, 0.1) is 10.1 Å². The van der Waals surface area contributed by atoms with E-state index in [-0.39, 0.29) is 18.1 Å². The molecular formula is C15H11ClN2O2. The molecule has 1 heterocycles. The molecule has 4 nitrogen and oxygen atoms in total. The van der Waals surface area contributed by atoms with Crippen molar-refractivity contribution in [3.05, 3.63) is 70.9 Å². The minimum absolute atomic E-state index is 0. The van der Waals surface area contributed by atoms with Crippen LogP contribution in [-0.4, -0.2) is 9.91 Å². The Bertz CT molecular complexity index is 769. The summed E-state index contributed by atoms with van der Waals surface area (Å²) in [6.45, 7) is 0. The van der Waals surface area contributed by atoms with Crippen LogP contribution >= 0.6 is 12.4 Å². The number of hydrogen-bond donors (Lipinski definition) is 0. The lowest BCUT2D eigenvalue weighted by molar-refractivity contribution is -0.384. The zero-order valence-corrected chi connectivity index (χ0v) is 11.2. The monoisotopic (exact) mass is 286 g/mol. The molecule has 3 rings (SSSR count). The van der Waals surface area contributed by atoms with Gasteiger partial charge in [0.1, 0.15) is 0 Å². The Morgan fingerprint density at radius 1 is 1.00 bits per heavy atom. The lowest BCUT2D eigenvalue weighted by atomic mass is 10.0. The van der Waals surface area contributed by atoms with Gasteiger partial charge in [0.25, 0.3) is 5.69 Å². The molecular weight excluding hydrogens is 276 g/mol. The summed E-state index contributed by atoms with van der Waals surface area (Å²) in [5.41, 5.74) is 1.60. The first-order valence-electron chi connectivity index (χ1n) is 5.84. The number of aromatic nitrogens is 1. The molecule has 0 saturated heterocycles. The average molecular weight is 287 g/mol. The van der Waals surface area contributed by atoms with Gasteiger partial charge in [-0.1, -0.05) is 36.4 Å². The van der Waals surface area contributed by atoms with E-state index in [9.17, 15) is 10.1 Å². The van der Waals surface area contributed by atoms with Crippen molar-refractivity contribution in [2.24, 2.45) is 0 Å². The van der Waals surface area contributed by atoms with Crippen LogP contribution in [0.15, 0.2) is 60.8 Å². The maximum Gasteiger partial charge on any atom is 0.270 e. The highest BCUT2D eigenvalue weighted by molar-refractivity contribution is 5.94. The Morgan fingerprint density at radius 2 is 1.80 bits per heavy atom. The van der Waals surface area contributed by atoms with E-state index in [0.29, 0.717) is 0 Å². The van der Waals surface area contributed by atoms with Crippen LogP contribution in [0.1, 0.15) is 0 Å². The Labute approximate surface area is 121 Å². The van der Waals surface area contributed by atoms with Gasteiger partial charge in [-0.15, -0.1) is 12.4 Å². The van der Waals surface area contributed by atoms with Crippen molar-refractivity contribution in [1.29, 1.82) is 0 Å². The number of hydrogen-bond acceptors (Lipinski definition) is 3. The number of pyridine rings is 1. The molecule has 3 aromatic rings. The number of non-ortho nitro benzene ring substituents is 1. The molecule has 0 bridgehead atoms. The Kier molecular flexibility index (Phi) is 3.96. The Hall–Kier alpha value is -2.46. The molecule has 2 aromatic carbocycles. The van der Waals surface area contributed by atoms with E-state index < -0.39 is 4.92 Å². The first-order valence-corrected chi connectivity index (χ1v) is 5.84. The second-order valence-corrected chi connectivity index (χ2v) is 4.19. The molecule has 0 saturated carbocycles. The highest BCUT2D eigenvalue weighted by atomic mass is 35.5. The maximum atomic E-state index is 10.8. The van der Waals surface area contributed by atoms with E-state index in [4.69, 9.17) is 0 Å².